The van der Waals surface area contributed by atoms with Crippen molar-refractivity contribution >= 4 is 22.9 Å². The van der Waals surface area contributed by atoms with E-state index in [-0.39, 0.29) is 17.8 Å². The van der Waals surface area contributed by atoms with Crippen molar-refractivity contribution < 1.29 is 13.9 Å². The quantitative estimate of drug-likeness (QED) is 0.861. The third kappa shape index (κ3) is 3.54. The Morgan fingerprint density at radius 1 is 1.27 bits per heavy atom. The molecule has 1 fully saturated rings. The fourth-order valence-corrected chi connectivity index (χ4v) is 3.47. The SMILES string of the molecule is O=C(Cc1cccs1)N(c1cccc(F)c1)C1CCOCC1. The van der Waals surface area contributed by atoms with E-state index in [2.05, 4.69) is 0 Å². The van der Waals surface area contributed by atoms with Crippen molar-refractivity contribution in [3.8, 4) is 0 Å². The van der Waals surface area contributed by atoms with Gasteiger partial charge in [0.15, 0.2) is 0 Å². The summed E-state index contributed by atoms with van der Waals surface area (Å²) in [5.41, 5.74) is 0.633. The Morgan fingerprint density at radius 2 is 2.09 bits per heavy atom. The van der Waals surface area contributed by atoms with Crippen LogP contribution >= 0.6 is 11.3 Å². The van der Waals surface area contributed by atoms with Crippen molar-refractivity contribution in [1.29, 1.82) is 0 Å². The van der Waals surface area contributed by atoms with E-state index in [1.807, 2.05) is 17.5 Å². The Kier molecular flexibility index (Phi) is 4.85. The van der Waals surface area contributed by atoms with Crippen LogP contribution in [0.4, 0.5) is 10.1 Å². The number of rotatable bonds is 4. The van der Waals surface area contributed by atoms with E-state index < -0.39 is 0 Å². The summed E-state index contributed by atoms with van der Waals surface area (Å²) in [5.74, 6) is -0.307. The monoisotopic (exact) mass is 319 g/mol. The number of carbonyl (C=O) groups excluding carboxylic acids is 1. The smallest absolute Gasteiger partial charge is 0.232 e. The molecule has 1 aromatic heterocycles. The molecular formula is C17H18FNO2S. The van der Waals surface area contributed by atoms with Gasteiger partial charge in [0, 0.05) is 29.8 Å². The summed E-state index contributed by atoms with van der Waals surface area (Å²) in [6.45, 7) is 1.28. The van der Waals surface area contributed by atoms with E-state index in [9.17, 15) is 9.18 Å². The molecule has 0 bridgehead atoms. The highest BCUT2D eigenvalue weighted by Gasteiger charge is 2.27. The molecular weight excluding hydrogens is 301 g/mol. The number of ether oxygens (including phenoxy) is 1. The van der Waals surface area contributed by atoms with Crippen molar-refractivity contribution in [3.63, 3.8) is 0 Å². The molecule has 0 aliphatic carbocycles. The molecule has 0 spiro atoms. The first-order valence-electron chi connectivity index (χ1n) is 7.42. The van der Waals surface area contributed by atoms with Gasteiger partial charge in [0.1, 0.15) is 5.82 Å². The van der Waals surface area contributed by atoms with Crippen LogP contribution in [0.3, 0.4) is 0 Å². The van der Waals surface area contributed by atoms with Crippen molar-refractivity contribution in [1.82, 2.24) is 0 Å². The average Bonchev–Trinajstić information content (AvgIpc) is 3.01. The number of thiophene rings is 1. The van der Waals surface area contributed by atoms with E-state index in [4.69, 9.17) is 4.74 Å². The van der Waals surface area contributed by atoms with Gasteiger partial charge in [0.2, 0.25) is 5.91 Å². The zero-order valence-corrected chi connectivity index (χ0v) is 13.0. The molecule has 3 rings (SSSR count). The fourth-order valence-electron chi connectivity index (χ4n) is 2.78. The van der Waals surface area contributed by atoms with Gasteiger partial charge in [-0.1, -0.05) is 12.1 Å². The zero-order chi connectivity index (χ0) is 15.4. The number of anilines is 1. The van der Waals surface area contributed by atoms with Crippen LogP contribution < -0.4 is 4.90 Å². The lowest BCUT2D eigenvalue weighted by Crippen LogP contribution is -2.44. The van der Waals surface area contributed by atoms with Crippen LogP contribution in [0.25, 0.3) is 0 Å². The molecule has 1 aliphatic rings. The second-order valence-corrected chi connectivity index (χ2v) is 6.38. The maximum Gasteiger partial charge on any atom is 0.232 e. The summed E-state index contributed by atoms with van der Waals surface area (Å²) in [6, 6.07) is 10.2. The van der Waals surface area contributed by atoms with Gasteiger partial charge in [-0.05, 0) is 42.5 Å². The summed E-state index contributed by atoms with van der Waals surface area (Å²) >= 11 is 1.57. The average molecular weight is 319 g/mol. The summed E-state index contributed by atoms with van der Waals surface area (Å²) in [4.78, 5) is 15.6. The highest BCUT2D eigenvalue weighted by molar-refractivity contribution is 7.10. The summed E-state index contributed by atoms with van der Waals surface area (Å²) in [6.07, 6.45) is 1.92. The highest BCUT2D eigenvalue weighted by Crippen LogP contribution is 2.25. The van der Waals surface area contributed by atoms with Crippen LogP contribution in [-0.2, 0) is 16.0 Å². The minimum atomic E-state index is -0.321. The lowest BCUT2D eigenvalue weighted by molar-refractivity contribution is -0.118. The van der Waals surface area contributed by atoms with Gasteiger partial charge in [-0.2, -0.15) is 0 Å². The lowest BCUT2D eigenvalue weighted by atomic mass is 10.0. The van der Waals surface area contributed by atoms with Crippen molar-refractivity contribution in [2.24, 2.45) is 0 Å². The van der Waals surface area contributed by atoms with Crippen LogP contribution in [0.5, 0.6) is 0 Å². The number of amides is 1. The highest BCUT2D eigenvalue weighted by atomic mass is 32.1. The van der Waals surface area contributed by atoms with E-state index in [0.717, 1.165) is 17.7 Å². The molecule has 116 valence electrons. The van der Waals surface area contributed by atoms with Gasteiger partial charge >= 0.3 is 0 Å². The normalized spacial score (nSPS) is 15.7. The number of hydrogen-bond acceptors (Lipinski definition) is 3. The van der Waals surface area contributed by atoms with Crippen molar-refractivity contribution in [2.45, 2.75) is 25.3 Å². The molecule has 3 nitrogen and oxygen atoms in total. The van der Waals surface area contributed by atoms with Gasteiger partial charge < -0.3 is 9.64 Å². The largest absolute Gasteiger partial charge is 0.381 e. The molecule has 22 heavy (non-hydrogen) atoms. The first-order chi connectivity index (χ1) is 10.7. The molecule has 0 unspecified atom stereocenters. The van der Waals surface area contributed by atoms with Gasteiger partial charge in [0.25, 0.3) is 0 Å². The van der Waals surface area contributed by atoms with Gasteiger partial charge in [-0.15, -0.1) is 11.3 Å². The topological polar surface area (TPSA) is 29.5 Å². The standard InChI is InChI=1S/C17H18FNO2S/c18-13-3-1-4-15(11-13)19(14-6-8-21-9-7-14)17(20)12-16-5-2-10-22-16/h1-5,10-11,14H,6-9,12H2. The van der Waals surface area contributed by atoms with Crippen LogP contribution in [-0.4, -0.2) is 25.2 Å². The molecule has 1 saturated heterocycles. The Bertz CT molecular complexity index is 623. The van der Waals surface area contributed by atoms with E-state index in [0.29, 0.717) is 25.3 Å². The van der Waals surface area contributed by atoms with Gasteiger partial charge in [-0.25, -0.2) is 4.39 Å². The van der Waals surface area contributed by atoms with Gasteiger partial charge in [-0.3, -0.25) is 4.79 Å². The Balaban J connectivity index is 1.86. The first kappa shape index (κ1) is 15.2. The third-order valence-electron chi connectivity index (χ3n) is 3.82. The van der Waals surface area contributed by atoms with Crippen molar-refractivity contribution in [2.75, 3.05) is 18.1 Å². The first-order valence-corrected chi connectivity index (χ1v) is 8.30. The minimum absolute atomic E-state index is 0.0138. The molecule has 2 aromatic rings. The Morgan fingerprint density at radius 3 is 2.77 bits per heavy atom. The summed E-state index contributed by atoms with van der Waals surface area (Å²) in [7, 11) is 0. The number of halogens is 1. The summed E-state index contributed by atoms with van der Waals surface area (Å²) < 4.78 is 19.0. The Labute approximate surface area is 133 Å². The number of benzene rings is 1. The zero-order valence-electron chi connectivity index (χ0n) is 12.2. The molecule has 5 heteroatoms. The molecule has 1 aromatic carbocycles. The van der Waals surface area contributed by atoms with Crippen molar-refractivity contribution in [3.05, 3.63) is 52.5 Å². The van der Waals surface area contributed by atoms with Crippen LogP contribution in [0.1, 0.15) is 17.7 Å². The van der Waals surface area contributed by atoms with Gasteiger partial charge in [0.05, 0.1) is 6.42 Å². The lowest BCUT2D eigenvalue weighted by Gasteiger charge is -2.34. The number of carbonyl (C=O) groups is 1. The number of hydrogen-bond donors (Lipinski definition) is 0. The third-order valence-corrected chi connectivity index (χ3v) is 4.69. The second-order valence-electron chi connectivity index (χ2n) is 5.34. The fraction of sp³-hybridized carbons (Fsp3) is 0.353. The van der Waals surface area contributed by atoms with Crippen LogP contribution in [0.2, 0.25) is 0 Å². The predicted octanol–water partition coefficient (Wildman–Crippen LogP) is 3.64. The molecule has 1 aliphatic heterocycles. The number of nitrogens with zero attached hydrogens (tertiary/aromatic N) is 1. The second kappa shape index (κ2) is 7.03. The Hall–Kier alpha value is -1.72. The molecule has 0 N–H and O–H groups in total. The van der Waals surface area contributed by atoms with E-state index in [1.54, 1.807) is 28.4 Å². The minimum Gasteiger partial charge on any atom is -0.381 e. The predicted molar refractivity (Wildman–Crippen MR) is 85.8 cm³/mol. The molecule has 0 radical (unpaired) electrons. The van der Waals surface area contributed by atoms with Crippen LogP contribution in [0.15, 0.2) is 41.8 Å². The molecule has 0 saturated carbocycles. The maximum atomic E-state index is 13.6. The summed E-state index contributed by atoms with van der Waals surface area (Å²) in [5, 5.41) is 1.96. The van der Waals surface area contributed by atoms with E-state index >= 15 is 0 Å². The molecule has 0 atom stereocenters. The van der Waals surface area contributed by atoms with Crippen LogP contribution in [0, 0.1) is 5.82 Å². The maximum absolute atomic E-state index is 13.6. The van der Waals surface area contributed by atoms with E-state index in [1.165, 1.54) is 12.1 Å². The molecule has 2 heterocycles. The molecule has 1 amide bonds.